The second-order valence-corrected chi connectivity index (χ2v) is 9.06. The van der Waals surface area contributed by atoms with E-state index in [4.69, 9.17) is 9.47 Å². The summed E-state index contributed by atoms with van der Waals surface area (Å²) in [5, 5.41) is 0. The van der Waals surface area contributed by atoms with Crippen molar-refractivity contribution in [3.63, 3.8) is 0 Å². The number of hydrogen-bond donors (Lipinski definition) is 0. The molecule has 1 aromatic carbocycles. The number of methoxy groups -OCH3 is 1. The van der Waals surface area contributed by atoms with Crippen LogP contribution < -0.4 is 9.47 Å². The molecule has 25 heavy (non-hydrogen) atoms. The van der Waals surface area contributed by atoms with Crippen LogP contribution in [0.15, 0.2) is 24.3 Å². The molecule has 1 saturated carbocycles. The van der Waals surface area contributed by atoms with Crippen molar-refractivity contribution in [2.24, 2.45) is 5.92 Å². The first-order chi connectivity index (χ1) is 12.1. The zero-order chi connectivity index (χ0) is 17.4. The second kappa shape index (κ2) is 6.78. The van der Waals surface area contributed by atoms with Gasteiger partial charge in [-0.2, -0.15) is 17.0 Å². The number of fused-ring (bicyclic) bond motifs is 2. The molecule has 0 amide bonds. The molecular formula is C18H26N2O4S. The zero-order valence-electron chi connectivity index (χ0n) is 14.6. The molecule has 0 unspecified atom stereocenters. The molecule has 0 N–H and O–H groups in total. The Bertz CT molecular complexity index is 700. The number of nitrogens with zero attached hydrogens (tertiary/aromatic N) is 2. The van der Waals surface area contributed by atoms with Crippen molar-refractivity contribution in [3.05, 3.63) is 24.3 Å². The number of benzene rings is 1. The molecule has 1 aromatic rings. The third-order valence-electron chi connectivity index (χ3n) is 5.81. The van der Waals surface area contributed by atoms with E-state index in [1.165, 1.54) is 0 Å². The van der Waals surface area contributed by atoms with E-state index in [9.17, 15) is 8.42 Å². The minimum atomic E-state index is -3.37. The average molecular weight is 366 g/mol. The molecule has 2 heterocycles. The lowest BCUT2D eigenvalue weighted by molar-refractivity contribution is 0.156. The lowest BCUT2D eigenvalue weighted by Gasteiger charge is -2.36. The van der Waals surface area contributed by atoms with E-state index in [-0.39, 0.29) is 12.1 Å². The molecule has 2 aliphatic heterocycles. The molecule has 6 nitrogen and oxygen atoms in total. The fourth-order valence-electron chi connectivity index (χ4n) is 4.53. The summed E-state index contributed by atoms with van der Waals surface area (Å²) >= 11 is 0. The molecule has 138 valence electrons. The highest BCUT2D eigenvalue weighted by atomic mass is 32.2. The Kier molecular flexibility index (Phi) is 4.64. The Labute approximate surface area is 149 Å². The van der Waals surface area contributed by atoms with E-state index < -0.39 is 10.2 Å². The molecule has 4 rings (SSSR count). The Balaban J connectivity index is 1.48. The normalized spacial score (nSPS) is 30.0. The SMILES string of the molecule is COc1ccc(OC[C@@H]2[C@@H]3CC[C@@H](C3)N2S(=O)(=O)N2CCCC2)cc1. The predicted molar refractivity (Wildman–Crippen MR) is 95.0 cm³/mol. The number of ether oxygens (including phenoxy) is 2. The standard InChI is InChI=1S/C18H26N2O4S/c1-23-16-6-8-17(9-7-16)24-13-18-14-4-5-15(12-14)20(18)25(21,22)19-10-2-3-11-19/h6-9,14-15,18H,2-5,10-13H2,1H3/t14-,15+,18-/m1/s1. The molecular weight excluding hydrogens is 340 g/mol. The van der Waals surface area contributed by atoms with Crippen molar-refractivity contribution in [3.8, 4) is 11.5 Å². The summed E-state index contributed by atoms with van der Waals surface area (Å²) in [5.74, 6) is 1.95. The first-order valence-electron chi connectivity index (χ1n) is 9.15. The van der Waals surface area contributed by atoms with Crippen LogP contribution in [-0.2, 0) is 10.2 Å². The second-order valence-electron chi connectivity index (χ2n) is 7.22. The minimum absolute atomic E-state index is 0.0496. The highest BCUT2D eigenvalue weighted by Crippen LogP contribution is 2.45. The van der Waals surface area contributed by atoms with Crippen LogP contribution in [0.3, 0.4) is 0 Å². The fourth-order valence-corrected chi connectivity index (χ4v) is 6.66. The molecule has 3 fully saturated rings. The van der Waals surface area contributed by atoms with Gasteiger partial charge in [-0.25, -0.2) is 0 Å². The molecule has 7 heteroatoms. The zero-order valence-corrected chi connectivity index (χ0v) is 15.5. The van der Waals surface area contributed by atoms with Gasteiger partial charge in [-0.1, -0.05) is 0 Å². The first-order valence-corrected chi connectivity index (χ1v) is 10.5. The molecule has 0 spiro atoms. The van der Waals surface area contributed by atoms with Crippen molar-refractivity contribution < 1.29 is 17.9 Å². The number of hydrogen-bond acceptors (Lipinski definition) is 4. The number of piperidine rings is 1. The van der Waals surface area contributed by atoms with E-state index in [0.29, 0.717) is 25.6 Å². The van der Waals surface area contributed by atoms with Gasteiger partial charge in [-0.15, -0.1) is 0 Å². The lowest BCUT2D eigenvalue weighted by Crippen LogP contribution is -2.52. The van der Waals surface area contributed by atoms with Crippen LogP contribution in [0, 0.1) is 5.92 Å². The fraction of sp³-hybridized carbons (Fsp3) is 0.667. The third kappa shape index (κ3) is 3.13. The molecule has 0 radical (unpaired) electrons. The van der Waals surface area contributed by atoms with Gasteiger partial charge in [0.15, 0.2) is 0 Å². The van der Waals surface area contributed by atoms with Gasteiger partial charge in [0, 0.05) is 19.1 Å². The van der Waals surface area contributed by atoms with Gasteiger partial charge in [0.05, 0.1) is 13.2 Å². The van der Waals surface area contributed by atoms with Gasteiger partial charge in [-0.05, 0) is 62.3 Å². The van der Waals surface area contributed by atoms with E-state index in [1.807, 2.05) is 24.3 Å². The van der Waals surface area contributed by atoms with E-state index >= 15 is 0 Å². The van der Waals surface area contributed by atoms with Gasteiger partial charge < -0.3 is 9.47 Å². The highest BCUT2D eigenvalue weighted by molar-refractivity contribution is 7.86. The van der Waals surface area contributed by atoms with Crippen molar-refractivity contribution >= 4 is 10.2 Å². The highest BCUT2D eigenvalue weighted by Gasteiger charge is 2.53. The quantitative estimate of drug-likeness (QED) is 0.775. The molecule has 3 aliphatic rings. The van der Waals surface area contributed by atoms with Crippen LogP contribution in [0.4, 0.5) is 0 Å². The summed E-state index contributed by atoms with van der Waals surface area (Å²) in [6.45, 7) is 1.73. The number of rotatable bonds is 6. The maximum absolute atomic E-state index is 13.1. The monoisotopic (exact) mass is 366 g/mol. The predicted octanol–water partition coefficient (Wildman–Crippen LogP) is 2.27. The summed E-state index contributed by atoms with van der Waals surface area (Å²) in [7, 11) is -1.74. The van der Waals surface area contributed by atoms with Crippen LogP contribution >= 0.6 is 0 Å². The summed E-state index contributed by atoms with van der Waals surface area (Å²) in [6, 6.07) is 7.55. The summed E-state index contributed by atoms with van der Waals surface area (Å²) in [4.78, 5) is 0. The Morgan fingerprint density at radius 2 is 1.76 bits per heavy atom. The maximum atomic E-state index is 13.1. The van der Waals surface area contributed by atoms with Crippen LogP contribution in [0.1, 0.15) is 32.1 Å². The van der Waals surface area contributed by atoms with Crippen molar-refractivity contribution in [2.45, 2.75) is 44.2 Å². The maximum Gasteiger partial charge on any atom is 0.282 e. The largest absolute Gasteiger partial charge is 0.497 e. The lowest BCUT2D eigenvalue weighted by atomic mass is 10.0. The first kappa shape index (κ1) is 17.1. The van der Waals surface area contributed by atoms with E-state index in [2.05, 4.69) is 0 Å². The van der Waals surface area contributed by atoms with E-state index in [1.54, 1.807) is 15.7 Å². The molecule has 0 aromatic heterocycles. The summed E-state index contributed by atoms with van der Waals surface area (Å²) in [6.07, 6.45) is 5.00. The van der Waals surface area contributed by atoms with Crippen molar-refractivity contribution in [2.75, 3.05) is 26.8 Å². The molecule has 2 bridgehead atoms. The Morgan fingerprint density at radius 1 is 1.08 bits per heavy atom. The van der Waals surface area contributed by atoms with Gasteiger partial charge in [0.25, 0.3) is 10.2 Å². The van der Waals surface area contributed by atoms with Crippen molar-refractivity contribution in [1.29, 1.82) is 0 Å². The summed E-state index contributed by atoms with van der Waals surface area (Å²) < 4.78 is 40.8. The van der Waals surface area contributed by atoms with Crippen LogP contribution in [-0.4, -0.2) is 55.9 Å². The summed E-state index contributed by atoms with van der Waals surface area (Å²) in [5.41, 5.74) is 0. The molecule has 1 aliphatic carbocycles. The van der Waals surface area contributed by atoms with E-state index in [0.717, 1.165) is 43.6 Å². The average Bonchev–Trinajstić information content (AvgIpc) is 3.36. The topological polar surface area (TPSA) is 59.1 Å². The smallest absolute Gasteiger partial charge is 0.282 e. The van der Waals surface area contributed by atoms with Crippen LogP contribution in [0.25, 0.3) is 0 Å². The van der Waals surface area contributed by atoms with Crippen molar-refractivity contribution in [1.82, 2.24) is 8.61 Å². The minimum Gasteiger partial charge on any atom is -0.497 e. The van der Waals surface area contributed by atoms with Gasteiger partial charge in [0.2, 0.25) is 0 Å². The van der Waals surface area contributed by atoms with Gasteiger partial charge in [-0.3, -0.25) is 0 Å². The van der Waals surface area contributed by atoms with Crippen LogP contribution in [0.5, 0.6) is 11.5 Å². The van der Waals surface area contributed by atoms with Gasteiger partial charge >= 0.3 is 0 Å². The third-order valence-corrected chi connectivity index (χ3v) is 7.93. The molecule has 2 saturated heterocycles. The Morgan fingerprint density at radius 3 is 2.44 bits per heavy atom. The van der Waals surface area contributed by atoms with Crippen LogP contribution in [0.2, 0.25) is 0 Å². The van der Waals surface area contributed by atoms with Gasteiger partial charge in [0.1, 0.15) is 18.1 Å². The molecule has 3 atom stereocenters. The Hall–Kier alpha value is -1.31.